The van der Waals surface area contributed by atoms with Crippen molar-refractivity contribution in [3.05, 3.63) is 194 Å². The van der Waals surface area contributed by atoms with Crippen LogP contribution < -0.4 is 16.2 Å². The van der Waals surface area contributed by atoms with Gasteiger partial charge in [0.2, 0.25) is 0 Å². The van der Waals surface area contributed by atoms with Crippen molar-refractivity contribution in [2.45, 2.75) is 139 Å². The molecular weight excluding hydrogens is 1060 g/mol. The number of hydrogen-bond donors (Lipinski definition) is 8. The maximum atomic E-state index is 14.3. The van der Waals surface area contributed by atoms with E-state index >= 15 is 0 Å². The molecule has 8 bridgehead atoms. The second-order valence-electron chi connectivity index (χ2n) is 23.8. The maximum Gasteiger partial charge on any atom is 0.165 e. The van der Waals surface area contributed by atoms with E-state index in [-0.39, 0.29) is 72.8 Å². The number of carbonyl (C=O) groups excluding carboxylic acids is 2. The highest BCUT2D eigenvalue weighted by Gasteiger charge is 2.44. The van der Waals surface area contributed by atoms with Crippen molar-refractivity contribution in [3.63, 3.8) is 0 Å². The number of hydrogen-bond acceptors (Lipinski definition) is 12. The maximum absolute atomic E-state index is 14.3. The molecule has 5 aromatic carbocycles. The third kappa shape index (κ3) is 14.5. The number of aromatic amines is 1. The molecule has 8 atom stereocenters. The van der Waals surface area contributed by atoms with Crippen LogP contribution in [0.5, 0.6) is 17.2 Å². The molecule has 430 valence electrons. The Hall–Kier alpha value is -6.08. The second-order valence-corrected chi connectivity index (χ2v) is 26.3. The quantitative estimate of drug-likeness (QED) is 0.0264. The summed E-state index contributed by atoms with van der Waals surface area (Å²) < 4.78 is 6.22. The molecule has 0 radical (unpaired) electrons. The molecule has 0 amide bonds. The molecule has 8 unspecified atom stereocenters. The van der Waals surface area contributed by atoms with E-state index in [9.17, 15) is 35.1 Å². The Balaban J connectivity index is 0.944. The second kappa shape index (κ2) is 27.1. The number of phenols is 2. The lowest BCUT2D eigenvalue weighted by atomic mass is 9.73. The van der Waals surface area contributed by atoms with E-state index in [4.69, 9.17) is 16.2 Å². The Bertz CT molecular complexity index is 3310. The molecule has 0 spiro atoms. The number of allylic oxidation sites excluding steroid dienone is 2. The first kappa shape index (κ1) is 59.1. The van der Waals surface area contributed by atoms with E-state index in [0.717, 1.165) is 78.5 Å². The summed E-state index contributed by atoms with van der Waals surface area (Å²) in [6, 6.07) is 33.8. The number of aromatic nitrogens is 1. The van der Waals surface area contributed by atoms with Crippen LogP contribution in [0.15, 0.2) is 121 Å². The van der Waals surface area contributed by atoms with Gasteiger partial charge < -0.3 is 46.7 Å². The molecule has 11 nitrogen and oxygen atoms in total. The number of aryl methyl sites for hydroxylation is 3. The topological polar surface area (TPSA) is 212 Å². The summed E-state index contributed by atoms with van der Waals surface area (Å²) in [5.74, 6) is 7.93. The fourth-order valence-corrected chi connectivity index (χ4v) is 16.0. The summed E-state index contributed by atoms with van der Waals surface area (Å²) in [6.07, 6.45) is 13.1. The van der Waals surface area contributed by atoms with E-state index in [1.165, 1.54) is 22.3 Å². The number of aliphatic hydroxyl groups is 3. The molecule has 1 aliphatic heterocycles. The van der Waals surface area contributed by atoms with Crippen LogP contribution in [0.1, 0.15) is 160 Å². The van der Waals surface area contributed by atoms with Gasteiger partial charge in [-0.2, -0.15) is 0 Å². The number of rotatable bonds is 11. The number of aromatic hydroxyl groups is 2. The molecule has 3 aliphatic carbocycles. The Morgan fingerprint density at radius 1 is 0.817 bits per heavy atom. The fraction of sp³-hybridized carbons (Fsp3) is 0.420. The highest BCUT2D eigenvalue weighted by atomic mass is 33.1. The van der Waals surface area contributed by atoms with E-state index in [1.54, 1.807) is 58.1 Å². The van der Waals surface area contributed by atoms with Gasteiger partial charge in [0.15, 0.2) is 23.1 Å². The van der Waals surface area contributed by atoms with Gasteiger partial charge in [0, 0.05) is 77.8 Å². The lowest BCUT2D eigenvalue weighted by molar-refractivity contribution is -0.114. The Morgan fingerprint density at radius 3 is 2.43 bits per heavy atom. The minimum absolute atomic E-state index is 0.0145. The largest absolute Gasteiger partial charge is 0.508 e. The Morgan fingerprint density at radius 2 is 1.62 bits per heavy atom. The summed E-state index contributed by atoms with van der Waals surface area (Å²) in [6.45, 7) is 2.17. The first-order valence-corrected chi connectivity index (χ1v) is 31.9. The Kier molecular flexibility index (Phi) is 19.5. The van der Waals surface area contributed by atoms with Crippen molar-refractivity contribution in [3.8, 4) is 29.1 Å². The zero-order valence-electron chi connectivity index (χ0n) is 47.0. The van der Waals surface area contributed by atoms with Crippen LogP contribution in [0.2, 0.25) is 0 Å². The number of Topliss-reactive ketones (excluding diaryl/α,β-unsaturated/α-hetero) is 1. The van der Waals surface area contributed by atoms with Crippen LogP contribution in [0.4, 0.5) is 0 Å². The summed E-state index contributed by atoms with van der Waals surface area (Å²) >= 11 is 0. The highest BCUT2D eigenvalue weighted by molar-refractivity contribution is 8.76. The van der Waals surface area contributed by atoms with Gasteiger partial charge in [-0.25, -0.2) is 0 Å². The van der Waals surface area contributed by atoms with Gasteiger partial charge in [-0.3, -0.25) is 9.59 Å². The van der Waals surface area contributed by atoms with Crippen molar-refractivity contribution in [1.29, 1.82) is 0 Å². The number of carbonyl (C=O) groups is 2. The molecule has 1 aromatic heterocycles. The first-order valence-electron chi connectivity index (χ1n) is 29.4. The number of aliphatic hydroxyl groups excluding tert-OH is 3. The Labute approximate surface area is 491 Å². The van der Waals surface area contributed by atoms with Gasteiger partial charge in [-0.1, -0.05) is 112 Å². The smallest absolute Gasteiger partial charge is 0.165 e. The zero-order chi connectivity index (χ0) is 57.3. The van der Waals surface area contributed by atoms with E-state index < -0.39 is 29.7 Å². The van der Waals surface area contributed by atoms with Gasteiger partial charge in [0.25, 0.3) is 0 Å². The average molecular weight is 1140 g/mol. The third-order valence-corrected chi connectivity index (χ3v) is 20.4. The zero-order valence-corrected chi connectivity index (χ0v) is 48.7. The summed E-state index contributed by atoms with van der Waals surface area (Å²) in [4.78, 5) is 31.5. The van der Waals surface area contributed by atoms with E-state index in [1.807, 2.05) is 37.3 Å². The van der Waals surface area contributed by atoms with Crippen LogP contribution in [0, 0.1) is 35.0 Å². The average Bonchev–Trinajstić information content (AvgIpc) is 4.17. The molecule has 10 N–H and O–H groups in total. The first-order chi connectivity index (χ1) is 39.7. The molecule has 10 rings (SSSR count). The van der Waals surface area contributed by atoms with Gasteiger partial charge in [0.05, 0.1) is 31.4 Å². The number of nitrogens with two attached hydrogens (primary N) is 2. The van der Waals surface area contributed by atoms with Crippen LogP contribution in [0.25, 0.3) is 0 Å². The molecule has 13 heteroatoms. The van der Waals surface area contributed by atoms with Crippen LogP contribution in [0.3, 0.4) is 0 Å². The predicted octanol–water partition coefficient (Wildman–Crippen LogP) is 11.7. The van der Waals surface area contributed by atoms with Crippen molar-refractivity contribution in [2.24, 2.45) is 34.6 Å². The van der Waals surface area contributed by atoms with Crippen LogP contribution in [-0.4, -0.2) is 73.3 Å². The highest BCUT2D eigenvalue weighted by Crippen LogP contribution is 2.51. The lowest BCUT2D eigenvalue weighted by Gasteiger charge is -2.33. The van der Waals surface area contributed by atoms with Crippen molar-refractivity contribution in [2.75, 3.05) is 19.0 Å². The minimum Gasteiger partial charge on any atom is -0.508 e. The molecule has 1 fully saturated rings. The van der Waals surface area contributed by atoms with Crippen LogP contribution >= 0.6 is 21.6 Å². The molecule has 6 aromatic rings. The molecule has 82 heavy (non-hydrogen) atoms. The number of ether oxygens (including phenoxy) is 1. The molecule has 1 saturated carbocycles. The van der Waals surface area contributed by atoms with Crippen molar-refractivity contribution < 1.29 is 39.9 Å². The number of fused-ring (bicyclic) bond motifs is 10. The van der Waals surface area contributed by atoms with Crippen LogP contribution in [-0.2, 0) is 49.1 Å². The molecule has 2 heterocycles. The normalized spacial score (nSPS) is 23.2. The van der Waals surface area contributed by atoms with Crippen molar-refractivity contribution in [1.82, 2.24) is 4.98 Å². The number of ketones is 2. The van der Waals surface area contributed by atoms with E-state index in [2.05, 4.69) is 71.4 Å². The number of H-pyrrole nitrogens is 1. The summed E-state index contributed by atoms with van der Waals surface area (Å²) in [7, 11) is 3.35. The number of nitrogens with one attached hydrogen (secondary N) is 1. The van der Waals surface area contributed by atoms with Gasteiger partial charge >= 0.3 is 0 Å². The SMILES string of the molecule is CC(O)CC(CCC12C=CC(=O)CCc3ccc(O)c(c3)OCCc3ccc(O)c(c3)C3CC(=O)c4cc[nH]c4CC#Cc4cc(C(N)N)c(cc43)CSSCC(C1)C(O)C2)C1CCC(CO)c2ccc(CCc3ccccc3)cc2C1. The van der Waals surface area contributed by atoms with E-state index in [0.29, 0.717) is 72.5 Å². The van der Waals surface area contributed by atoms with Gasteiger partial charge in [0.1, 0.15) is 5.75 Å². The third-order valence-electron chi connectivity index (χ3n) is 18.0. The number of benzene rings is 5. The standard InChI is InChI=1S/C69H79N3O8S2/c1-43(74)30-49(48-16-17-51(40-73)56-19-13-45(31-52(56)34-48)11-10-44-6-3-2-4-7-44)22-26-69-27-23-55(75)18-12-46-15-21-64(77)67(33-46)80-29-25-47-14-20-63(76)61(32-47)60-37-65(78)57-24-28-72-62(57)9-5-8-50-35-59(68(70)71)53(36-58(50)60)41-81-82-42-54(38-69)66(79)39-69/h2-4,6-7,13-15,19-21,23-24,27-28,31-33,35-36,43,48-49,51,54,60,66,68,72-74,76-77,79H,9-12,16-18,22,25-26,29-30,34,37-42,70-71H2,1H3. The summed E-state index contributed by atoms with van der Waals surface area (Å²) in [5, 5.41) is 56.6. The lowest BCUT2D eigenvalue weighted by Crippen LogP contribution is -2.25. The molecular formula is C69H79N3O8S2. The predicted molar refractivity (Wildman–Crippen MR) is 328 cm³/mol. The fourth-order valence-electron chi connectivity index (χ4n) is 13.5. The van der Waals surface area contributed by atoms with Gasteiger partial charge in [-0.15, -0.1) is 0 Å². The minimum atomic E-state index is -0.818. The molecule has 0 saturated heterocycles. The summed E-state index contributed by atoms with van der Waals surface area (Å²) in [5.41, 5.74) is 24.4. The molecule has 4 aliphatic rings. The monoisotopic (exact) mass is 1140 g/mol. The number of phenolic OH excluding ortho intramolecular Hbond substituents is 2. The van der Waals surface area contributed by atoms with Gasteiger partial charge in [-0.05, 0) is 187 Å². The van der Waals surface area contributed by atoms with Crippen molar-refractivity contribution >= 4 is 33.2 Å².